The number of fused-ring (bicyclic) bond motifs is 1. The third-order valence-electron chi connectivity index (χ3n) is 7.07. The SMILES string of the molecule is [CH3][Ge]([CH3])([CH3])[c]1ccc(-c2[c-]c3nc(-c4ccccc4)oc3c(-c3ccccc3)c2)nc1.[Ir].[c-]1ccccc1-c1ccccn1. The summed E-state index contributed by atoms with van der Waals surface area (Å²) >= 11 is -1.91. The first kappa shape index (κ1) is 31.3. The van der Waals surface area contributed by atoms with Gasteiger partial charge in [-0.3, -0.25) is 0 Å². The Hall–Kier alpha value is -4.16. The molecular weight excluding hydrogens is 779 g/mol. The predicted molar refractivity (Wildman–Crippen MR) is 178 cm³/mol. The summed E-state index contributed by atoms with van der Waals surface area (Å²) in [6.45, 7) is 0. The number of rotatable bonds is 5. The van der Waals surface area contributed by atoms with E-state index in [-0.39, 0.29) is 20.1 Å². The van der Waals surface area contributed by atoms with Crippen LogP contribution >= 0.6 is 0 Å². The van der Waals surface area contributed by atoms with E-state index in [1.807, 2.05) is 97.2 Å². The average Bonchev–Trinajstić information content (AvgIpc) is 3.50. The Kier molecular flexibility index (Phi) is 10.0. The monoisotopic (exact) mass is 812 g/mol. The normalized spacial score (nSPS) is 10.9. The molecule has 3 heterocycles. The van der Waals surface area contributed by atoms with Gasteiger partial charge in [-0.25, -0.2) is 0 Å². The van der Waals surface area contributed by atoms with Crippen molar-refractivity contribution in [2.75, 3.05) is 0 Å². The Labute approximate surface area is 275 Å². The minimum Gasteiger partial charge on any atom is -0.305 e. The van der Waals surface area contributed by atoms with Crippen LogP contribution in [0.1, 0.15) is 0 Å². The number of nitrogens with zero attached hydrogens (tertiary/aromatic N) is 3. The van der Waals surface area contributed by atoms with Crippen molar-refractivity contribution in [1.82, 2.24) is 15.0 Å². The number of hydrogen-bond donors (Lipinski definition) is 0. The van der Waals surface area contributed by atoms with Crippen molar-refractivity contribution < 1.29 is 24.5 Å². The van der Waals surface area contributed by atoms with E-state index < -0.39 is 13.3 Å². The quantitative estimate of drug-likeness (QED) is 0.129. The molecular formula is C38H31GeIrN3O-2. The Morgan fingerprint density at radius 1 is 0.659 bits per heavy atom. The second-order valence-corrected chi connectivity index (χ2v) is 21.9. The fourth-order valence-corrected chi connectivity index (χ4v) is 6.88. The van der Waals surface area contributed by atoms with Crippen LogP contribution in [0.4, 0.5) is 0 Å². The van der Waals surface area contributed by atoms with Gasteiger partial charge in [-0.1, -0.05) is 18.2 Å². The standard InChI is InChI=1S/C27H23GeN2O.C11H8N.Ir/c1-28(2,3)22-14-15-24(29-18-22)21-16-23(19-10-6-4-7-11-19)26-25(17-21)30-27(31-26)20-12-8-5-9-13-20;1-2-6-10(7-3-1)11-8-4-5-9-12-11;/h4-16,18H,1-3H3;1-6,8-9H;/q2*-1;. The van der Waals surface area contributed by atoms with E-state index >= 15 is 0 Å². The van der Waals surface area contributed by atoms with Crippen LogP contribution in [0.2, 0.25) is 17.3 Å². The van der Waals surface area contributed by atoms with Crippen LogP contribution in [0, 0.1) is 12.1 Å². The molecule has 0 amide bonds. The van der Waals surface area contributed by atoms with E-state index in [2.05, 4.69) is 64.7 Å². The van der Waals surface area contributed by atoms with Crippen molar-refractivity contribution in [1.29, 1.82) is 0 Å². The third kappa shape index (κ3) is 7.31. The molecule has 7 aromatic rings. The van der Waals surface area contributed by atoms with Crippen molar-refractivity contribution in [3.63, 3.8) is 0 Å². The molecule has 0 bridgehead atoms. The van der Waals surface area contributed by atoms with E-state index in [0.29, 0.717) is 5.89 Å². The maximum atomic E-state index is 6.24. The Morgan fingerprint density at radius 2 is 1.34 bits per heavy atom. The Balaban J connectivity index is 0.000000248. The van der Waals surface area contributed by atoms with Crippen LogP contribution in [-0.2, 0) is 20.1 Å². The zero-order chi connectivity index (χ0) is 29.6. The molecule has 0 aliphatic heterocycles. The van der Waals surface area contributed by atoms with Crippen molar-refractivity contribution in [2.45, 2.75) is 17.3 Å². The van der Waals surface area contributed by atoms with Crippen molar-refractivity contribution in [3.8, 4) is 45.1 Å². The first-order chi connectivity index (χ1) is 21.0. The van der Waals surface area contributed by atoms with E-state index in [1.54, 1.807) is 6.20 Å². The number of hydrogen-bond acceptors (Lipinski definition) is 4. The van der Waals surface area contributed by atoms with Gasteiger partial charge < -0.3 is 4.98 Å². The molecule has 0 aliphatic carbocycles. The number of benzene rings is 4. The van der Waals surface area contributed by atoms with Gasteiger partial charge in [-0.2, -0.15) is 0 Å². The van der Waals surface area contributed by atoms with E-state index in [0.717, 1.165) is 50.3 Å². The molecule has 0 saturated carbocycles. The molecule has 0 aliphatic rings. The van der Waals surface area contributed by atoms with Crippen molar-refractivity contribution in [2.24, 2.45) is 0 Å². The van der Waals surface area contributed by atoms with Gasteiger partial charge in [0, 0.05) is 26.3 Å². The summed E-state index contributed by atoms with van der Waals surface area (Å²) < 4.78 is 7.63. The van der Waals surface area contributed by atoms with Gasteiger partial charge in [0.25, 0.3) is 0 Å². The molecule has 4 aromatic carbocycles. The van der Waals surface area contributed by atoms with E-state index in [9.17, 15) is 0 Å². The largest absolute Gasteiger partial charge is 0.305 e. The zero-order valence-corrected chi connectivity index (χ0v) is 29.3. The van der Waals surface area contributed by atoms with Gasteiger partial charge in [-0.05, 0) is 11.8 Å². The minimum absolute atomic E-state index is 0. The molecule has 0 saturated heterocycles. The molecule has 6 heteroatoms. The molecule has 0 atom stereocenters. The summed E-state index contributed by atoms with van der Waals surface area (Å²) in [6, 6.07) is 47.0. The van der Waals surface area contributed by atoms with Crippen LogP contribution in [0.25, 0.3) is 56.2 Å². The molecule has 0 unspecified atom stereocenters. The number of aromatic nitrogens is 3. The molecule has 4 nitrogen and oxygen atoms in total. The van der Waals surface area contributed by atoms with Gasteiger partial charge in [0.05, 0.1) is 0 Å². The van der Waals surface area contributed by atoms with E-state index in [4.69, 9.17) is 14.4 Å². The summed E-state index contributed by atoms with van der Waals surface area (Å²) in [5, 5.41) is 0. The fraction of sp³-hybridized carbons (Fsp3) is 0.0789. The third-order valence-corrected chi connectivity index (χ3v) is 11.3. The second-order valence-electron chi connectivity index (χ2n) is 11.2. The minimum atomic E-state index is -1.91. The van der Waals surface area contributed by atoms with E-state index in [1.165, 1.54) is 4.40 Å². The molecule has 219 valence electrons. The summed E-state index contributed by atoms with van der Waals surface area (Å²) in [6.07, 6.45) is 3.82. The zero-order valence-electron chi connectivity index (χ0n) is 24.8. The number of pyridine rings is 2. The maximum Gasteiger partial charge on any atom is 0.0160 e. The average molecular weight is 811 g/mol. The first-order valence-corrected chi connectivity index (χ1v) is 21.6. The van der Waals surface area contributed by atoms with Crippen LogP contribution in [0.5, 0.6) is 0 Å². The molecule has 44 heavy (non-hydrogen) atoms. The molecule has 0 fully saturated rings. The van der Waals surface area contributed by atoms with Gasteiger partial charge in [0.15, 0.2) is 0 Å². The fourth-order valence-electron chi connectivity index (χ4n) is 4.71. The van der Waals surface area contributed by atoms with Gasteiger partial charge >= 0.3 is 179 Å². The van der Waals surface area contributed by atoms with Gasteiger partial charge in [-0.15, -0.1) is 35.9 Å². The molecule has 7 rings (SSSR count). The van der Waals surface area contributed by atoms with Gasteiger partial charge in [0.1, 0.15) is 0 Å². The Bertz CT molecular complexity index is 1880. The van der Waals surface area contributed by atoms with Gasteiger partial charge in [0.2, 0.25) is 0 Å². The smallest absolute Gasteiger partial charge is 0.0160 e. The van der Waals surface area contributed by atoms with Crippen LogP contribution in [0.15, 0.2) is 138 Å². The summed E-state index contributed by atoms with van der Waals surface area (Å²) in [5.74, 6) is 7.74. The van der Waals surface area contributed by atoms with Crippen molar-refractivity contribution >= 4 is 28.8 Å². The molecule has 0 spiro atoms. The topological polar surface area (TPSA) is 51.8 Å². The maximum absolute atomic E-state index is 6.24. The molecule has 0 N–H and O–H groups in total. The van der Waals surface area contributed by atoms with Crippen LogP contribution in [-0.4, -0.2) is 28.2 Å². The number of oxazole rings is 1. The Morgan fingerprint density at radius 3 is 1.95 bits per heavy atom. The predicted octanol–water partition coefficient (Wildman–Crippen LogP) is 9.12. The van der Waals surface area contributed by atoms with Crippen LogP contribution in [0.3, 0.4) is 0 Å². The summed E-state index contributed by atoms with van der Waals surface area (Å²) in [7, 11) is 0. The summed E-state index contributed by atoms with van der Waals surface area (Å²) in [4.78, 5) is 13.8. The van der Waals surface area contributed by atoms with Crippen molar-refractivity contribution in [3.05, 3.63) is 146 Å². The summed E-state index contributed by atoms with van der Waals surface area (Å²) in [5.41, 5.74) is 8.33. The molecule has 1 radical (unpaired) electrons. The first-order valence-electron chi connectivity index (χ1n) is 14.3. The van der Waals surface area contributed by atoms with Crippen LogP contribution < -0.4 is 4.40 Å². The second kappa shape index (κ2) is 14.1. The molecule has 3 aromatic heterocycles.